The number of fused-ring (bicyclic) bond motifs is 6. The Morgan fingerprint density at radius 2 is 1.28 bits per heavy atom. The van der Waals surface area contributed by atoms with E-state index in [0.29, 0.717) is 11.8 Å². The molecule has 0 aliphatic carbocycles. The van der Waals surface area contributed by atoms with Gasteiger partial charge in [0.25, 0.3) is 0 Å². The third-order valence-electron chi connectivity index (χ3n) is 7.03. The number of rotatable bonds is 4. The number of pyridine rings is 3. The highest BCUT2D eigenvalue weighted by Crippen LogP contribution is 2.36. The third-order valence-corrected chi connectivity index (χ3v) is 7.03. The van der Waals surface area contributed by atoms with E-state index in [9.17, 15) is 0 Å². The van der Waals surface area contributed by atoms with Crippen molar-refractivity contribution in [3.63, 3.8) is 0 Å². The number of benzene rings is 3. The average molecular weight is 505 g/mol. The maximum Gasteiger partial charge on any atom is 0.223 e. The molecule has 6 heteroatoms. The van der Waals surface area contributed by atoms with Crippen LogP contribution in [0.3, 0.4) is 0 Å². The summed E-state index contributed by atoms with van der Waals surface area (Å²) in [6, 6.07) is 36.3. The van der Waals surface area contributed by atoms with Crippen molar-refractivity contribution in [1.29, 1.82) is 0 Å². The van der Waals surface area contributed by atoms with Gasteiger partial charge in [-0.3, -0.25) is 9.55 Å². The van der Waals surface area contributed by atoms with E-state index in [1.807, 2.05) is 66.7 Å². The van der Waals surface area contributed by atoms with Gasteiger partial charge in [-0.1, -0.05) is 60.7 Å². The van der Waals surface area contributed by atoms with Gasteiger partial charge in [-0.2, -0.15) is 4.98 Å². The van der Waals surface area contributed by atoms with Gasteiger partial charge in [0.05, 0.1) is 22.9 Å². The molecule has 0 radical (unpaired) electrons. The summed E-state index contributed by atoms with van der Waals surface area (Å²) in [7, 11) is 0. The molecule has 0 amide bonds. The van der Waals surface area contributed by atoms with Crippen LogP contribution in [0.4, 0.5) is 0 Å². The van der Waals surface area contributed by atoms with E-state index in [1.54, 1.807) is 12.4 Å². The number of furan rings is 1. The lowest BCUT2D eigenvalue weighted by Crippen LogP contribution is -1.99. The number of hydrogen-bond acceptors (Lipinski definition) is 5. The van der Waals surface area contributed by atoms with Crippen molar-refractivity contribution < 1.29 is 9.15 Å². The average Bonchev–Trinajstić information content (AvgIpc) is 3.53. The molecule has 8 rings (SSSR count). The standard InChI is InChI=1S/C33H20N4O2/c1-3-13-27-21(8-1)22-9-2-4-14-28(22)37(27)30-15-7-17-32(36-30)39-31-16-6-12-26(35-31)25-11-5-10-24-23-18-19-34-20-29(23)38-33(24)25/h1-20H. The van der Waals surface area contributed by atoms with Crippen LogP contribution >= 0.6 is 0 Å². The molecular weight excluding hydrogens is 484 g/mol. The van der Waals surface area contributed by atoms with E-state index in [4.69, 9.17) is 19.1 Å². The van der Waals surface area contributed by atoms with Crippen LogP contribution in [-0.4, -0.2) is 19.5 Å². The molecule has 0 N–H and O–H groups in total. The van der Waals surface area contributed by atoms with E-state index in [0.717, 1.165) is 50.0 Å². The third kappa shape index (κ3) is 3.46. The van der Waals surface area contributed by atoms with Crippen LogP contribution in [0.15, 0.2) is 126 Å². The van der Waals surface area contributed by atoms with Crippen LogP contribution in [-0.2, 0) is 0 Å². The molecule has 3 aromatic carbocycles. The van der Waals surface area contributed by atoms with Crippen molar-refractivity contribution in [2.45, 2.75) is 0 Å². The predicted molar refractivity (Wildman–Crippen MR) is 153 cm³/mol. The zero-order valence-electron chi connectivity index (χ0n) is 20.7. The van der Waals surface area contributed by atoms with Gasteiger partial charge in [0.15, 0.2) is 5.58 Å². The molecule has 8 aromatic rings. The topological polar surface area (TPSA) is 66.0 Å². The molecule has 39 heavy (non-hydrogen) atoms. The Morgan fingerprint density at radius 1 is 0.590 bits per heavy atom. The lowest BCUT2D eigenvalue weighted by Gasteiger charge is -2.10. The van der Waals surface area contributed by atoms with E-state index in [-0.39, 0.29) is 0 Å². The molecule has 5 heterocycles. The molecule has 0 saturated heterocycles. The Hall–Kier alpha value is -5.49. The van der Waals surface area contributed by atoms with Gasteiger partial charge in [0.2, 0.25) is 11.8 Å². The monoisotopic (exact) mass is 504 g/mol. The fourth-order valence-electron chi connectivity index (χ4n) is 5.34. The molecule has 0 aliphatic rings. The number of para-hydroxylation sites is 3. The number of hydrogen-bond donors (Lipinski definition) is 0. The van der Waals surface area contributed by atoms with Gasteiger partial charge < -0.3 is 9.15 Å². The van der Waals surface area contributed by atoms with Crippen LogP contribution in [0.25, 0.3) is 60.8 Å². The second kappa shape index (κ2) is 8.53. The van der Waals surface area contributed by atoms with E-state index in [1.165, 1.54) is 10.8 Å². The molecule has 0 atom stereocenters. The molecule has 0 aliphatic heterocycles. The normalized spacial score (nSPS) is 11.6. The van der Waals surface area contributed by atoms with Crippen molar-refractivity contribution in [2.24, 2.45) is 0 Å². The van der Waals surface area contributed by atoms with Gasteiger partial charge in [-0.25, -0.2) is 4.98 Å². The van der Waals surface area contributed by atoms with Crippen LogP contribution in [0.1, 0.15) is 0 Å². The Morgan fingerprint density at radius 3 is 2.10 bits per heavy atom. The summed E-state index contributed by atoms with van der Waals surface area (Å²) >= 11 is 0. The van der Waals surface area contributed by atoms with Crippen molar-refractivity contribution in [3.05, 3.63) is 122 Å². The smallest absolute Gasteiger partial charge is 0.223 e. The van der Waals surface area contributed by atoms with Crippen LogP contribution in [0.5, 0.6) is 11.8 Å². The maximum atomic E-state index is 6.20. The summed E-state index contributed by atoms with van der Waals surface area (Å²) in [6.45, 7) is 0. The largest absolute Gasteiger partial charge is 0.454 e. The Balaban J connectivity index is 1.19. The molecule has 5 aromatic heterocycles. The summed E-state index contributed by atoms with van der Waals surface area (Å²) in [4.78, 5) is 13.9. The van der Waals surface area contributed by atoms with Gasteiger partial charge in [-0.05, 0) is 36.4 Å². The molecule has 0 saturated carbocycles. The summed E-state index contributed by atoms with van der Waals surface area (Å²) in [5, 5.41) is 4.43. The summed E-state index contributed by atoms with van der Waals surface area (Å²) in [6.07, 6.45) is 3.51. The molecule has 0 bridgehead atoms. The first-order chi connectivity index (χ1) is 19.3. The Kier molecular flexibility index (Phi) is 4.72. The zero-order valence-corrected chi connectivity index (χ0v) is 20.7. The number of ether oxygens (including phenoxy) is 1. The minimum Gasteiger partial charge on any atom is -0.454 e. The van der Waals surface area contributed by atoms with Crippen molar-refractivity contribution in [1.82, 2.24) is 19.5 Å². The van der Waals surface area contributed by atoms with Crippen LogP contribution < -0.4 is 4.74 Å². The minimum atomic E-state index is 0.453. The van der Waals surface area contributed by atoms with Gasteiger partial charge in [0, 0.05) is 45.4 Å². The lowest BCUT2D eigenvalue weighted by atomic mass is 10.1. The molecule has 0 fully saturated rings. The van der Waals surface area contributed by atoms with Gasteiger partial charge in [-0.15, -0.1) is 0 Å². The van der Waals surface area contributed by atoms with Crippen molar-refractivity contribution in [2.75, 3.05) is 0 Å². The fraction of sp³-hybridized carbons (Fsp3) is 0. The van der Waals surface area contributed by atoms with Crippen molar-refractivity contribution >= 4 is 43.7 Å². The highest BCUT2D eigenvalue weighted by Gasteiger charge is 2.15. The fourth-order valence-corrected chi connectivity index (χ4v) is 5.34. The van der Waals surface area contributed by atoms with E-state index in [2.05, 4.69) is 52.0 Å². The second-order valence-electron chi connectivity index (χ2n) is 9.32. The minimum absolute atomic E-state index is 0.453. The molecule has 0 unspecified atom stereocenters. The van der Waals surface area contributed by atoms with E-state index >= 15 is 0 Å². The Bertz CT molecular complexity index is 2120. The van der Waals surface area contributed by atoms with Gasteiger partial charge >= 0.3 is 0 Å². The SMILES string of the molecule is c1cc(Oc2cccc(-n3c4ccccc4c4ccccc43)n2)nc(-c2cccc3c2oc2cnccc23)c1. The van der Waals surface area contributed by atoms with Crippen molar-refractivity contribution in [3.8, 4) is 28.8 Å². The van der Waals surface area contributed by atoms with Gasteiger partial charge in [0.1, 0.15) is 11.4 Å². The second-order valence-corrected chi connectivity index (χ2v) is 9.32. The number of aromatic nitrogens is 4. The first-order valence-electron chi connectivity index (χ1n) is 12.7. The molecule has 6 nitrogen and oxygen atoms in total. The van der Waals surface area contributed by atoms with Crippen LogP contribution in [0.2, 0.25) is 0 Å². The van der Waals surface area contributed by atoms with Crippen LogP contribution in [0, 0.1) is 0 Å². The Labute approximate surface area is 222 Å². The highest BCUT2D eigenvalue weighted by molar-refractivity contribution is 6.10. The quantitative estimate of drug-likeness (QED) is 0.241. The highest BCUT2D eigenvalue weighted by atomic mass is 16.5. The lowest BCUT2D eigenvalue weighted by molar-refractivity contribution is 0.445. The number of nitrogens with zero attached hydrogens (tertiary/aromatic N) is 4. The summed E-state index contributed by atoms with van der Waals surface area (Å²) < 4.78 is 14.5. The molecular formula is C33H20N4O2. The first-order valence-corrected chi connectivity index (χ1v) is 12.7. The summed E-state index contributed by atoms with van der Waals surface area (Å²) in [5.41, 5.74) is 5.36. The molecule has 184 valence electrons. The van der Waals surface area contributed by atoms with E-state index < -0.39 is 0 Å². The summed E-state index contributed by atoms with van der Waals surface area (Å²) in [5.74, 6) is 1.70. The predicted octanol–water partition coefficient (Wildman–Crippen LogP) is 8.33. The zero-order chi connectivity index (χ0) is 25.8. The first kappa shape index (κ1) is 21.6. The molecule has 0 spiro atoms. The maximum absolute atomic E-state index is 6.20.